The van der Waals surface area contributed by atoms with Gasteiger partial charge in [-0.05, 0) is 30.2 Å². The summed E-state index contributed by atoms with van der Waals surface area (Å²) < 4.78 is 5.66. The number of para-hydroxylation sites is 1. The summed E-state index contributed by atoms with van der Waals surface area (Å²) in [6.45, 7) is 1.18. The van der Waals surface area contributed by atoms with Gasteiger partial charge >= 0.3 is 0 Å². The molecule has 22 heavy (non-hydrogen) atoms. The van der Waals surface area contributed by atoms with E-state index >= 15 is 0 Å². The van der Waals surface area contributed by atoms with Crippen molar-refractivity contribution in [2.75, 3.05) is 19.7 Å². The van der Waals surface area contributed by atoms with Crippen molar-refractivity contribution in [2.24, 2.45) is 5.73 Å². The molecule has 0 bridgehead atoms. The van der Waals surface area contributed by atoms with Crippen molar-refractivity contribution in [2.45, 2.75) is 12.8 Å². The molecular formula is C18H22N2O2. The summed E-state index contributed by atoms with van der Waals surface area (Å²) in [6, 6.07) is 18.0. The molecule has 0 aromatic heterocycles. The summed E-state index contributed by atoms with van der Waals surface area (Å²) >= 11 is 0. The molecule has 0 fully saturated rings. The smallest absolute Gasteiger partial charge is 0.257 e. The van der Waals surface area contributed by atoms with Crippen LogP contribution in [0.1, 0.15) is 17.5 Å². The van der Waals surface area contributed by atoms with E-state index in [1.165, 1.54) is 5.56 Å². The van der Waals surface area contributed by atoms with Gasteiger partial charge in [0.1, 0.15) is 5.75 Å². The zero-order chi connectivity index (χ0) is 15.6. The summed E-state index contributed by atoms with van der Waals surface area (Å²) in [5.41, 5.74) is 7.68. The van der Waals surface area contributed by atoms with Gasteiger partial charge in [0.05, 0.1) is 0 Å². The molecule has 1 amide bonds. The van der Waals surface area contributed by atoms with Crippen molar-refractivity contribution in [3.63, 3.8) is 0 Å². The molecular weight excluding hydrogens is 276 g/mol. The average molecular weight is 298 g/mol. The molecule has 2 aromatic rings. The Morgan fingerprint density at radius 3 is 2.55 bits per heavy atom. The van der Waals surface area contributed by atoms with E-state index in [0.29, 0.717) is 13.1 Å². The molecule has 2 aromatic carbocycles. The number of ether oxygens (including phenoxy) is 1. The van der Waals surface area contributed by atoms with Crippen molar-refractivity contribution < 1.29 is 9.53 Å². The van der Waals surface area contributed by atoms with Gasteiger partial charge in [0.25, 0.3) is 5.91 Å². The third-order valence-electron chi connectivity index (χ3n) is 3.27. The van der Waals surface area contributed by atoms with Crippen LogP contribution in [-0.4, -0.2) is 25.6 Å². The molecule has 4 nitrogen and oxygen atoms in total. The lowest BCUT2D eigenvalue weighted by molar-refractivity contribution is -0.123. The van der Waals surface area contributed by atoms with E-state index in [1.54, 1.807) is 0 Å². The monoisotopic (exact) mass is 298 g/mol. The number of carbonyl (C=O) groups is 1. The molecule has 0 atom stereocenters. The van der Waals surface area contributed by atoms with Crippen molar-refractivity contribution in [1.29, 1.82) is 0 Å². The van der Waals surface area contributed by atoms with Crippen LogP contribution < -0.4 is 15.8 Å². The Kier molecular flexibility index (Phi) is 6.45. The van der Waals surface area contributed by atoms with Crippen LogP contribution in [0.5, 0.6) is 5.75 Å². The van der Waals surface area contributed by atoms with Gasteiger partial charge < -0.3 is 15.8 Å². The lowest BCUT2D eigenvalue weighted by atomic mass is 10.0. The minimum absolute atomic E-state index is 0.0242. The number of hydrogen-bond donors (Lipinski definition) is 2. The predicted molar refractivity (Wildman–Crippen MR) is 87.9 cm³/mol. The van der Waals surface area contributed by atoms with Crippen LogP contribution >= 0.6 is 0 Å². The first-order valence-corrected chi connectivity index (χ1v) is 7.51. The van der Waals surface area contributed by atoms with Gasteiger partial charge in [-0.3, -0.25) is 4.79 Å². The van der Waals surface area contributed by atoms with E-state index in [4.69, 9.17) is 10.5 Å². The van der Waals surface area contributed by atoms with Crippen molar-refractivity contribution >= 4 is 5.91 Å². The topological polar surface area (TPSA) is 64.3 Å². The summed E-state index contributed by atoms with van der Waals surface area (Å²) in [5, 5.41) is 2.78. The Hall–Kier alpha value is -2.33. The molecule has 116 valence electrons. The number of amides is 1. The van der Waals surface area contributed by atoms with Crippen molar-refractivity contribution in [3.8, 4) is 5.75 Å². The number of nitrogens with two attached hydrogens (primary N) is 1. The minimum atomic E-state index is -0.122. The van der Waals surface area contributed by atoms with Gasteiger partial charge in [-0.1, -0.05) is 48.5 Å². The maximum atomic E-state index is 11.7. The van der Waals surface area contributed by atoms with Crippen LogP contribution in [0.25, 0.3) is 0 Å². The highest BCUT2D eigenvalue weighted by Crippen LogP contribution is 2.21. The molecule has 0 saturated carbocycles. The van der Waals surface area contributed by atoms with Crippen LogP contribution in [0, 0.1) is 0 Å². The molecule has 0 radical (unpaired) electrons. The summed E-state index contributed by atoms with van der Waals surface area (Å²) in [5.74, 6) is 0.628. The molecule has 0 unspecified atom stereocenters. The fraction of sp³-hybridized carbons (Fsp3) is 0.278. The Morgan fingerprint density at radius 2 is 1.77 bits per heavy atom. The van der Waals surface area contributed by atoms with E-state index in [0.717, 1.165) is 24.2 Å². The van der Waals surface area contributed by atoms with Gasteiger partial charge in [0, 0.05) is 13.0 Å². The number of carbonyl (C=O) groups excluding carboxylic acids is 1. The first-order valence-electron chi connectivity index (χ1n) is 7.51. The molecule has 2 rings (SSSR count). The number of hydrogen-bond acceptors (Lipinski definition) is 3. The Balaban J connectivity index is 1.92. The van der Waals surface area contributed by atoms with Gasteiger partial charge in [-0.15, -0.1) is 0 Å². The summed E-state index contributed by atoms with van der Waals surface area (Å²) in [7, 11) is 0. The van der Waals surface area contributed by atoms with E-state index in [1.807, 2.05) is 42.5 Å². The molecule has 4 heteroatoms. The number of rotatable bonds is 8. The van der Waals surface area contributed by atoms with Crippen molar-refractivity contribution in [3.05, 3.63) is 65.7 Å². The third-order valence-corrected chi connectivity index (χ3v) is 3.27. The van der Waals surface area contributed by atoms with Crippen molar-refractivity contribution in [1.82, 2.24) is 5.32 Å². The van der Waals surface area contributed by atoms with Crippen LogP contribution in [0.3, 0.4) is 0 Å². The fourth-order valence-electron chi connectivity index (χ4n) is 2.13. The van der Waals surface area contributed by atoms with Gasteiger partial charge in [0.2, 0.25) is 0 Å². The summed E-state index contributed by atoms with van der Waals surface area (Å²) in [4.78, 5) is 11.7. The standard InChI is InChI=1S/C18H22N2O2/c19-11-6-12-20-18(21)14-22-17-10-5-4-9-16(17)13-15-7-2-1-3-8-15/h1-5,7-10H,6,11-14,19H2,(H,20,21). The van der Waals surface area contributed by atoms with Crippen LogP contribution in [0.4, 0.5) is 0 Å². The highest BCUT2D eigenvalue weighted by atomic mass is 16.5. The molecule has 0 aliphatic rings. The quantitative estimate of drug-likeness (QED) is 0.734. The summed E-state index contributed by atoms with van der Waals surface area (Å²) in [6.07, 6.45) is 1.56. The largest absolute Gasteiger partial charge is 0.483 e. The van der Waals surface area contributed by atoms with E-state index in [-0.39, 0.29) is 12.5 Å². The normalized spacial score (nSPS) is 10.2. The third kappa shape index (κ3) is 5.22. The number of benzene rings is 2. The second-order valence-corrected chi connectivity index (χ2v) is 5.05. The van der Waals surface area contributed by atoms with E-state index < -0.39 is 0 Å². The zero-order valence-corrected chi connectivity index (χ0v) is 12.6. The van der Waals surface area contributed by atoms with E-state index in [9.17, 15) is 4.79 Å². The predicted octanol–water partition coefficient (Wildman–Crippen LogP) is 2.12. The Morgan fingerprint density at radius 1 is 1.05 bits per heavy atom. The van der Waals surface area contributed by atoms with Crippen LogP contribution in [0.15, 0.2) is 54.6 Å². The zero-order valence-electron chi connectivity index (χ0n) is 12.6. The highest BCUT2D eigenvalue weighted by molar-refractivity contribution is 5.77. The van der Waals surface area contributed by atoms with Crippen LogP contribution in [0.2, 0.25) is 0 Å². The van der Waals surface area contributed by atoms with Gasteiger partial charge in [-0.25, -0.2) is 0 Å². The highest BCUT2D eigenvalue weighted by Gasteiger charge is 2.07. The SMILES string of the molecule is NCCCNC(=O)COc1ccccc1Cc1ccccc1. The lowest BCUT2D eigenvalue weighted by Gasteiger charge is -2.11. The molecule has 0 saturated heterocycles. The Labute approximate surface area is 131 Å². The molecule has 0 aliphatic heterocycles. The first kappa shape index (κ1) is 16.0. The van der Waals surface area contributed by atoms with E-state index in [2.05, 4.69) is 17.4 Å². The average Bonchev–Trinajstić information content (AvgIpc) is 2.55. The second-order valence-electron chi connectivity index (χ2n) is 5.05. The number of nitrogens with one attached hydrogen (secondary N) is 1. The maximum absolute atomic E-state index is 11.7. The molecule has 0 heterocycles. The Bertz CT molecular complexity index is 585. The molecule has 0 spiro atoms. The van der Waals surface area contributed by atoms with Gasteiger partial charge in [0.15, 0.2) is 6.61 Å². The molecule has 0 aliphatic carbocycles. The first-order chi connectivity index (χ1) is 10.8. The lowest BCUT2D eigenvalue weighted by Crippen LogP contribution is -2.30. The van der Waals surface area contributed by atoms with Crippen LogP contribution in [-0.2, 0) is 11.2 Å². The minimum Gasteiger partial charge on any atom is -0.483 e. The second kappa shape index (κ2) is 8.85. The molecule has 3 N–H and O–H groups in total. The van der Waals surface area contributed by atoms with Gasteiger partial charge in [-0.2, -0.15) is 0 Å². The fourth-order valence-corrected chi connectivity index (χ4v) is 2.13. The maximum Gasteiger partial charge on any atom is 0.257 e.